The van der Waals surface area contributed by atoms with E-state index in [1.807, 2.05) is 0 Å². The molecule has 0 heterocycles. The maximum absolute atomic E-state index is 9.43. The third-order valence-corrected chi connectivity index (χ3v) is 0.277. The summed E-state index contributed by atoms with van der Waals surface area (Å²) in [5.74, 6) is 0. The van der Waals surface area contributed by atoms with Gasteiger partial charge in [0.25, 0.3) is 0 Å². The van der Waals surface area contributed by atoms with Crippen LogP contribution in [0.5, 0.6) is 0 Å². The van der Waals surface area contributed by atoms with Gasteiger partial charge < -0.3 is 5.11 Å². The summed E-state index contributed by atoms with van der Waals surface area (Å²) in [6, 6.07) is 0. The Morgan fingerprint density at radius 3 is 2.00 bits per heavy atom. The first kappa shape index (κ1) is 9.93. The molecule has 0 radical (unpaired) electrons. The Labute approximate surface area is 58.8 Å². The van der Waals surface area contributed by atoms with Crippen LogP contribution in [-0.2, 0) is 4.79 Å². The average Bonchev–Trinajstić information content (AvgIpc) is 1.38. The van der Waals surface area contributed by atoms with Crippen molar-refractivity contribution in [2.45, 2.75) is 0 Å². The fourth-order valence-electron chi connectivity index (χ4n) is 0. The van der Waals surface area contributed by atoms with Crippen molar-refractivity contribution >= 4 is 42.2 Å². The number of hydrogen-bond acceptors (Lipinski definition) is 2. The molecule has 0 aliphatic rings. The minimum atomic E-state index is -0.495. The number of aliphatic hydroxyl groups is 1. The normalized spacial score (nSPS) is 6.33. The van der Waals surface area contributed by atoms with E-state index in [4.69, 9.17) is 5.11 Å². The standard InChI is InChI=1S/C2H4O2S.Sb.3H/c3-1-2(4)5;;;;/h3H,1H2,(H,4,5);;;;. The zero-order valence-electron chi connectivity index (χ0n) is 3.22. The second-order valence-electron chi connectivity index (χ2n) is 0.552. The molecule has 0 aromatic heterocycles. The van der Waals surface area contributed by atoms with Gasteiger partial charge in [0.05, 0.1) is 0 Å². The summed E-state index contributed by atoms with van der Waals surface area (Å²) in [7, 11) is 0. The Balaban J connectivity index is 0. The molecule has 0 rings (SSSR count). The number of hydrogen-bond donors (Lipinski definition) is 2. The topological polar surface area (TPSA) is 37.3 Å². The molecule has 0 aromatic carbocycles. The number of thiol groups is 1. The molecular formula is C2H7O2SSb. The van der Waals surface area contributed by atoms with E-state index in [0.717, 1.165) is 0 Å². The molecule has 0 fully saturated rings. The summed E-state index contributed by atoms with van der Waals surface area (Å²) in [5.41, 5.74) is 0. The molecule has 2 nitrogen and oxygen atoms in total. The van der Waals surface area contributed by atoms with Crippen molar-refractivity contribution in [1.29, 1.82) is 0 Å². The van der Waals surface area contributed by atoms with Crippen molar-refractivity contribution in [2.75, 3.05) is 6.61 Å². The van der Waals surface area contributed by atoms with Crippen molar-refractivity contribution in [2.24, 2.45) is 0 Å². The van der Waals surface area contributed by atoms with Gasteiger partial charge in [-0.3, -0.25) is 4.79 Å². The van der Waals surface area contributed by atoms with Crippen LogP contribution < -0.4 is 0 Å². The molecule has 0 aliphatic carbocycles. The Bertz CT molecular complexity index is 46.8. The molecule has 0 bridgehead atoms. The van der Waals surface area contributed by atoms with Crippen LogP contribution in [0.4, 0.5) is 0 Å². The van der Waals surface area contributed by atoms with Crippen molar-refractivity contribution in [3.63, 3.8) is 0 Å². The molecule has 0 saturated heterocycles. The van der Waals surface area contributed by atoms with Crippen LogP contribution in [0.15, 0.2) is 0 Å². The van der Waals surface area contributed by atoms with Gasteiger partial charge in [0.2, 0.25) is 5.12 Å². The van der Waals surface area contributed by atoms with E-state index in [1.54, 1.807) is 0 Å². The third-order valence-electron chi connectivity index (χ3n) is 0.135. The molecule has 6 heavy (non-hydrogen) atoms. The van der Waals surface area contributed by atoms with E-state index in [-0.39, 0.29) is 24.4 Å². The number of aliphatic hydroxyl groups excluding tert-OH is 1. The zero-order chi connectivity index (χ0) is 4.28. The average molecular weight is 217 g/mol. The van der Waals surface area contributed by atoms with Gasteiger partial charge in [-0.25, -0.2) is 0 Å². The van der Waals surface area contributed by atoms with Crippen LogP contribution >= 0.6 is 12.6 Å². The van der Waals surface area contributed by atoms with Gasteiger partial charge in [0.1, 0.15) is 6.61 Å². The SMILES string of the molecule is O=C(S)CO.[SbH3]. The van der Waals surface area contributed by atoms with Crippen LogP contribution in [0.25, 0.3) is 0 Å². The van der Waals surface area contributed by atoms with Gasteiger partial charge in [-0.2, -0.15) is 0 Å². The van der Waals surface area contributed by atoms with Gasteiger partial charge in [-0.05, 0) is 0 Å². The second-order valence-corrected chi connectivity index (χ2v) is 1.05. The first-order valence-corrected chi connectivity index (χ1v) is 1.54. The molecule has 1 N–H and O–H groups in total. The molecule has 0 atom stereocenters. The van der Waals surface area contributed by atoms with Crippen molar-refractivity contribution in [3.8, 4) is 0 Å². The summed E-state index contributed by atoms with van der Waals surface area (Å²) in [6.07, 6.45) is 0. The van der Waals surface area contributed by atoms with Crippen molar-refractivity contribution in [3.05, 3.63) is 0 Å². The summed E-state index contributed by atoms with van der Waals surface area (Å²) >= 11 is 3.21. The van der Waals surface area contributed by atoms with Crippen LogP contribution in [-0.4, -0.2) is 41.3 Å². The second kappa shape index (κ2) is 5.80. The Morgan fingerprint density at radius 1 is 1.83 bits per heavy atom. The molecule has 38 valence electrons. The Morgan fingerprint density at radius 2 is 2.00 bits per heavy atom. The maximum atomic E-state index is 9.43. The summed E-state index contributed by atoms with van der Waals surface area (Å²) in [6.45, 7) is -0.469. The number of rotatable bonds is 1. The van der Waals surface area contributed by atoms with E-state index in [2.05, 4.69) is 12.6 Å². The van der Waals surface area contributed by atoms with Gasteiger partial charge in [0.15, 0.2) is 0 Å². The number of carbonyl (C=O) groups excluding carboxylic acids is 1. The van der Waals surface area contributed by atoms with Crippen LogP contribution in [0.3, 0.4) is 0 Å². The van der Waals surface area contributed by atoms with E-state index in [0.29, 0.717) is 0 Å². The zero-order valence-corrected chi connectivity index (χ0v) is 8.15. The first-order valence-electron chi connectivity index (χ1n) is 1.10. The monoisotopic (exact) mass is 216 g/mol. The molecule has 0 saturated carbocycles. The van der Waals surface area contributed by atoms with Gasteiger partial charge in [-0.15, -0.1) is 12.6 Å². The van der Waals surface area contributed by atoms with E-state index in [9.17, 15) is 4.79 Å². The summed E-state index contributed by atoms with van der Waals surface area (Å²) < 4.78 is 0. The molecule has 0 spiro atoms. The quantitative estimate of drug-likeness (QED) is 0.403. The van der Waals surface area contributed by atoms with Gasteiger partial charge in [0, 0.05) is 0 Å². The fraction of sp³-hybridized carbons (Fsp3) is 0.500. The van der Waals surface area contributed by atoms with Crippen molar-refractivity contribution in [1.82, 2.24) is 0 Å². The van der Waals surface area contributed by atoms with Crippen molar-refractivity contribution < 1.29 is 9.90 Å². The minimum absolute atomic E-state index is 0. The molecular weight excluding hydrogens is 210 g/mol. The van der Waals surface area contributed by atoms with E-state index < -0.39 is 11.7 Å². The van der Waals surface area contributed by atoms with Gasteiger partial charge in [-0.1, -0.05) is 0 Å². The van der Waals surface area contributed by atoms with Crippen LogP contribution in [0.2, 0.25) is 0 Å². The Hall–Kier alpha value is 0.798. The van der Waals surface area contributed by atoms with Gasteiger partial charge >= 0.3 is 24.4 Å². The predicted octanol–water partition coefficient (Wildman–Crippen LogP) is -1.75. The third kappa shape index (κ3) is 8.84. The predicted molar refractivity (Wildman–Crippen MR) is 31.0 cm³/mol. The fourth-order valence-corrected chi connectivity index (χ4v) is 0. The number of carbonyl (C=O) groups is 1. The summed E-state index contributed by atoms with van der Waals surface area (Å²) in [4.78, 5) is 9.43. The van der Waals surface area contributed by atoms with E-state index >= 15 is 0 Å². The molecule has 0 aliphatic heterocycles. The Kier molecular flexibility index (Phi) is 9.59. The van der Waals surface area contributed by atoms with E-state index in [1.165, 1.54) is 0 Å². The molecule has 0 amide bonds. The first-order chi connectivity index (χ1) is 2.27. The molecule has 0 aromatic rings. The van der Waals surface area contributed by atoms with Crippen LogP contribution in [0.1, 0.15) is 0 Å². The molecule has 4 heteroatoms. The molecule has 0 unspecified atom stereocenters. The summed E-state index contributed by atoms with van der Waals surface area (Å²) in [5, 5.41) is 7.22. The van der Waals surface area contributed by atoms with Crippen LogP contribution in [0, 0.1) is 0 Å².